The maximum absolute atomic E-state index is 4.83. The fourth-order valence-corrected chi connectivity index (χ4v) is 6.45. The maximum atomic E-state index is 4.83. The van der Waals surface area contributed by atoms with Crippen LogP contribution in [0.4, 0.5) is 0 Å². The van der Waals surface area contributed by atoms with E-state index in [1.165, 1.54) is 0 Å². The van der Waals surface area contributed by atoms with E-state index in [4.69, 9.17) is 4.98 Å². The number of benzene rings is 5. The minimum atomic E-state index is 0. The summed E-state index contributed by atoms with van der Waals surface area (Å²) in [5.41, 5.74) is 13.2. The Morgan fingerprint density at radius 3 is 0.853 bits per heavy atom. The van der Waals surface area contributed by atoms with E-state index >= 15 is 0 Å². The first-order valence-corrected chi connectivity index (χ1v) is 21.2. The van der Waals surface area contributed by atoms with Gasteiger partial charge < -0.3 is 24.9 Å². The van der Waals surface area contributed by atoms with Gasteiger partial charge in [-0.15, -0.1) is 132 Å². The zero-order chi connectivity index (χ0) is 44.9. The monoisotopic (exact) mass is 1230 g/mol. The molecule has 0 unspecified atom stereocenters. The molecular formula is C60H40Ir2N6. The molecule has 6 heterocycles. The third-order valence-electron chi connectivity index (χ3n) is 9.67. The number of pyridine rings is 6. The first-order valence-electron chi connectivity index (χ1n) is 21.2. The normalized spacial score (nSPS) is 9.82. The van der Waals surface area contributed by atoms with Gasteiger partial charge in [-0.25, -0.2) is 35.4 Å². The molecule has 0 saturated heterocycles. The van der Waals surface area contributed by atoms with Crippen molar-refractivity contribution in [3.8, 4) is 78.8 Å². The van der Waals surface area contributed by atoms with Crippen molar-refractivity contribution in [1.29, 1.82) is 0 Å². The van der Waals surface area contributed by atoms with Crippen LogP contribution in [0.3, 0.4) is 0 Å². The van der Waals surface area contributed by atoms with E-state index in [1.54, 1.807) is 31.0 Å². The standard InChI is InChI=1S/C27H16N3.3C11H8N.2Ir/c1-3-17-28-24(9-1)20-13-15-21(16-14-20)26-11-6-12-27(30-26)23-8-5-7-22(19-23)25-10-2-4-18-29-25;3*1-2-6-10(7-3-1)11-8-4-5-9-12-11;;/h1-13,16-18H;3*1-6,8-9H;;/q-3;3*-1;2*+3. The molecule has 11 rings (SSSR count). The Kier molecular flexibility index (Phi) is 19.8. The minimum absolute atomic E-state index is 0. The average molecular weight is 1230 g/mol. The molecule has 0 fully saturated rings. The minimum Gasteiger partial charge on any atom is -0.345 e. The van der Waals surface area contributed by atoms with Crippen molar-refractivity contribution in [3.63, 3.8) is 0 Å². The van der Waals surface area contributed by atoms with E-state index in [0.29, 0.717) is 0 Å². The number of nitrogens with zero attached hydrogens (tertiary/aromatic N) is 6. The Balaban J connectivity index is 0.000000166. The van der Waals surface area contributed by atoms with Crippen LogP contribution in [0.25, 0.3) is 78.8 Å². The zero-order valence-corrected chi connectivity index (χ0v) is 41.2. The molecule has 11 aromatic rings. The Labute approximate surface area is 425 Å². The smallest absolute Gasteiger partial charge is 0.345 e. The molecule has 5 aromatic carbocycles. The molecule has 68 heavy (non-hydrogen) atoms. The van der Waals surface area contributed by atoms with Gasteiger partial charge in [0.15, 0.2) is 0 Å². The molecule has 8 heteroatoms. The van der Waals surface area contributed by atoms with Gasteiger partial charge in [0.05, 0.1) is 0 Å². The summed E-state index contributed by atoms with van der Waals surface area (Å²) < 4.78 is 0. The van der Waals surface area contributed by atoms with Gasteiger partial charge in [0.2, 0.25) is 0 Å². The molecule has 0 bridgehead atoms. The summed E-state index contributed by atoms with van der Waals surface area (Å²) in [6.07, 6.45) is 8.93. The molecule has 0 amide bonds. The summed E-state index contributed by atoms with van der Waals surface area (Å²) in [6.45, 7) is 0. The van der Waals surface area contributed by atoms with Crippen LogP contribution in [0.2, 0.25) is 0 Å². The first kappa shape index (κ1) is 49.7. The Morgan fingerprint density at radius 2 is 0.515 bits per heavy atom. The topological polar surface area (TPSA) is 77.3 Å². The van der Waals surface area contributed by atoms with Crippen molar-refractivity contribution in [2.75, 3.05) is 0 Å². The molecule has 6 nitrogen and oxygen atoms in total. The van der Waals surface area contributed by atoms with Gasteiger partial charge in [0.1, 0.15) is 0 Å². The van der Waals surface area contributed by atoms with E-state index in [1.807, 2.05) is 212 Å². The van der Waals surface area contributed by atoms with E-state index in [9.17, 15) is 0 Å². The van der Waals surface area contributed by atoms with Gasteiger partial charge in [-0.1, -0.05) is 101 Å². The third-order valence-corrected chi connectivity index (χ3v) is 9.67. The largest absolute Gasteiger partial charge is 3.00 e. The van der Waals surface area contributed by atoms with E-state index in [2.05, 4.69) is 61.3 Å². The number of aromatic nitrogens is 6. The van der Waals surface area contributed by atoms with Crippen LogP contribution in [-0.2, 0) is 40.2 Å². The number of rotatable bonds is 7. The molecule has 0 aliphatic carbocycles. The van der Waals surface area contributed by atoms with Gasteiger partial charge in [0.25, 0.3) is 0 Å². The molecule has 6 aromatic heterocycles. The molecule has 328 valence electrons. The Morgan fingerprint density at radius 1 is 0.235 bits per heavy atom. The van der Waals surface area contributed by atoms with Crippen LogP contribution < -0.4 is 0 Å². The SMILES string of the molecule is [Ir+3].[Ir+3].[c-]1cc(-c2cccc(-c3[c-]c(-c4ccccn4)ccc3)n2)[c-]cc1-c1ccccn1.[c-]1ccccc1-c1ccccn1.[c-]1ccccc1-c1ccccn1.[c-]1ccccc1-c1ccccn1. The van der Waals surface area contributed by atoms with Crippen molar-refractivity contribution in [2.45, 2.75) is 0 Å². The second-order valence-electron chi connectivity index (χ2n) is 14.2. The van der Waals surface area contributed by atoms with E-state index in [-0.39, 0.29) is 40.2 Å². The molecule has 0 atom stereocenters. The molecular weight excluding hydrogens is 1190 g/mol. The summed E-state index contributed by atoms with van der Waals surface area (Å²) in [7, 11) is 0. The second kappa shape index (κ2) is 27.1. The van der Waals surface area contributed by atoms with Gasteiger partial charge in [-0.3, -0.25) is 4.98 Å². The fourth-order valence-electron chi connectivity index (χ4n) is 6.45. The molecule has 0 N–H and O–H groups in total. The molecule has 0 aliphatic rings. The number of hydrogen-bond donors (Lipinski definition) is 0. The van der Waals surface area contributed by atoms with Crippen LogP contribution in [-0.4, -0.2) is 29.9 Å². The Hall–Kier alpha value is -7.70. The van der Waals surface area contributed by atoms with Crippen molar-refractivity contribution in [3.05, 3.63) is 280 Å². The van der Waals surface area contributed by atoms with Crippen LogP contribution >= 0.6 is 0 Å². The van der Waals surface area contributed by atoms with Crippen molar-refractivity contribution in [2.24, 2.45) is 0 Å². The van der Waals surface area contributed by atoms with Crippen molar-refractivity contribution >= 4 is 0 Å². The maximum Gasteiger partial charge on any atom is 3.00 e. The van der Waals surface area contributed by atoms with Crippen molar-refractivity contribution in [1.82, 2.24) is 29.9 Å². The van der Waals surface area contributed by atoms with E-state index < -0.39 is 0 Å². The van der Waals surface area contributed by atoms with Gasteiger partial charge >= 0.3 is 40.2 Å². The van der Waals surface area contributed by atoms with Gasteiger partial charge in [0, 0.05) is 36.7 Å². The summed E-state index contributed by atoms with van der Waals surface area (Å²) >= 11 is 0. The fraction of sp³-hybridized carbons (Fsp3) is 0. The third kappa shape index (κ3) is 14.7. The summed E-state index contributed by atoms with van der Waals surface area (Å²) in [5.74, 6) is 0. The van der Waals surface area contributed by atoms with Gasteiger partial charge in [-0.05, 0) is 53.1 Å². The van der Waals surface area contributed by atoms with Crippen LogP contribution in [0.1, 0.15) is 0 Å². The Bertz CT molecular complexity index is 2790. The predicted molar refractivity (Wildman–Crippen MR) is 264 cm³/mol. The van der Waals surface area contributed by atoms with Gasteiger partial charge in [-0.2, -0.15) is 0 Å². The predicted octanol–water partition coefficient (Wildman–Crippen LogP) is 13.6. The molecule has 0 saturated carbocycles. The molecule has 0 aliphatic heterocycles. The summed E-state index contributed by atoms with van der Waals surface area (Å²) in [5, 5.41) is 0. The molecule has 0 spiro atoms. The summed E-state index contributed by atoms with van der Waals surface area (Å²) in [4.78, 5) is 26.3. The van der Waals surface area contributed by atoms with Crippen LogP contribution in [0.5, 0.6) is 0 Å². The quantitative estimate of drug-likeness (QED) is 0.148. The first-order chi connectivity index (χ1) is 32.8. The molecule has 0 radical (unpaired) electrons. The van der Waals surface area contributed by atoms with Crippen molar-refractivity contribution < 1.29 is 40.2 Å². The zero-order valence-electron chi connectivity index (χ0n) is 36.4. The van der Waals surface area contributed by atoms with E-state index in [0.717, 1.165) is 78.8 Å². The average Bonchev–Trinajstić information content (AvgIpc) is 3.43. The second-order valence-corrected chi connectivity index (χ2v) is 14.2. The van der Waals surface area contributed by atoms with Crippen LogP contribution in [0.15, 0.2) is 243 Å². The van der Waals surface area contributed by atoms with Crippen LogP contribution in [0, 0.1) is 36.4 Å². The number of hydrogen-bond acceptors (Lipinski definition) is 6. The summed E-state index contributed by atoms with van der Waals surface area (Å²) in [6, 6.07) is 88.0.